The maximum absolute atomic E-state index is 5.86. The number of rotatable bonds is 4. The zero-order valence-electron chi connectivity index (χ0n) is 10.2. The van der Waals surface area contributed by atoms with Crippen LogP contribution in [-0.4, -0.2) is 16.9 Å². The van der Waals surface area contributed by atoms with Crippen LogP contribution in [0.15, 0.2) is 16.7 Å². The van der Waals surface area contributed by atoms with Crippen molar-refractivity contribution in [2.45, 2.75) is 33.2 Å². The van der Waals surface area contributed by atoms with Crippen LogP contribution in [-0.2, 0) is 0 Å². The first-order valence-electron chi connectivity index (χ1n) is 5.48. The second-order valence-electron chi connectivity index (χ2n) is 5.02. The Morgan fingerprint density at radius 3 is 2.59 bits per heavy atom. The van der Waals surface area contributed by atoms with Gasteiger partial charge in [0.25, 0.3) is 0 Å². The smallest absolute Gasteiger partial charge is 0.140 e. The Kier molecular flexibility index (Phi) is 5.55. The molecule has 0 aliphatic heterocycles. The fourth-order valence-electron chi connectivity index (χ4n) is 1.52. The van der Waals surface area contributed by atoms with Crippen LogP contribution >= 0.6 is 39.1 Å². The first kappa shape index (κ1) is 15.1. The van der Waals surface area contributed by atoms with E-state index in [-0.39, 0.29) is 11.5 Å². The summed E-state index contributed by atoms with van der Waals surface area (Å²) in [4.78, 5) is 4.28. The molecule has 1 aromatic rings. The third-order valence-electron chi connectivity index (χ3n) is 2.56. The molecule has 1 heterocycles. The molecule has 0 aliphatic carbocycles. The zero-order chi connectivity index (χ0) is 13.1. The number of nitrogens with zero attached hydrogens (tertiary/aromatic N) is 1. The van der Waals surface area contributed by atoms with Gasteiger partial charge in [-0.3, -0.25) is 0 Å². The molecule has 1 N–H and O–H groups in total. The summed E-state index contributed by atoms with van der Waals surface area (Å²) in [5.74, 6) is 1.43. The molecule has 0 aromatic carbocycles. The van der Waals surface area contributed by atoms with Gasteiger partial charge >= 0.3 is 0 Å². The Morgan fingerprint density at radius 2 is 2.12 bits per heavy atom. The van der Waals surface area contributed by atoms with Gasteiger partial charge in [-0.1, -0.05) is 32.4 Å². The van der Waals surface area contributed by atoms with Gasteiger partial charge in [-0.05, 0) is 33.8 Å². The van der Waals surface area contributed by atoms with Crippen molar-refractivity contribution in [3.63, 3.8) is 0 Å². The van der Waals surface area contributed by atoms with E-state index in [1.165, 1.54) is 0 Å². The second-order valence-corrected chi connectivity index (χ2v) is 6.69. The summed E-state index contributed by atoms with van der Waals surface area (Å²) in [6.07, 6.45) is 2.52. The highest BCUT2D eigenvalue weighted by Gasteiger charge is 2.24. The summed E-state index contributed by atoms with van der Waals surface area (Å²) in [5, 5.41) is 4.03. The van der Waals surface area contributed by atoms with E-state index in [0.29, 0.717) is 10.9 Å². The lowest BCUT2D eigenvalue weighted by atomic mass is 9.85. The highest BCUT2D eigenvalue weighted by molar-refractivity contribution is 9.10. The minimum Gasteiger partial charge on any atom is -0.366 e. The third kappa shape index (κ3) is 4.65. The minimum atomic E-state index is 0.121. The van der Waals surface area contributed by atoms with E-state index < -0.39 is 0 Å². The Bertz CT molecular complexity index is 377. The molecule has 1 atom stereocenters. The Labute approximate surface area is 121 Å². The summed E-state index contributed by atoms with van der Waals surface area (Å²) in [5.41, 5.74) is 0.121. The Hall–Kier alpha value is 0.01000. The lowest BCUT2D eigenvalue weighted by Crippen LogP contribution is -2.34. The van der Waals surface area contributed by atoms with Gasteiger partial charge in [0.2, 0.25) is 0 Å². The molecule has 0 amide bonds. The topological polar surface area (TPSA) is 24.9 Å². The van der Waals surface area contributed by atoms with E-state index >= 15 is 0 Å². The first-order chi connectivity index (χ1) is 7.84. The lowest BCUT2D eigenvalue weighted by Gasteiger charge is -2.31. The lowest BCUT2D eigenvalue weighted by molar-refractivity contribution is 0.334. The standard InChI is InChI=1S/C12H17BrCl2N2/c1-12(2,3)10(4-5-14)17-11-9(13)6-8(15)7-16-11/h6-7,10H,4-5H2,1-3H3,(H,16,17). The van der Waals surface area contributed by atoms with Crippen LogP contribution < -0.4 is 5.32 Å². The maximum Gasteiger partial charge on any atom is 0.140 e. The molecular formula is C12H17BrCl2N2. The molecule has 17 heavy (non-hydrogen) atoms. The van der Waals surface area contributed by atoms with Gasteiger partial charge in [0, 0.05) is 18.1 Å². The van der Waals surface area contributed by atoms with E-state index in [2.05, 4.69) is 47.0 Å². The number of pyridine rings is 1. The van der Waals surface area contributed by atoms with Crippen molar-refractivity contribution in [2.75, 3.05) is 11.2 Å². The monoisotopic (exact) mass is 338 g/mol. The third-order valence-corrected chi connectivity index (χ3v) is 3.59. The van der Waals surface area contributed by atoms with E-state index in [0.717, 1.165) is 16.7 Å². The van der Waals surface area contributed by atoms with Crippen LogP contribution in [0.25, 0.3) is 0 Å². The van der Waals surface area contributed by atoms with Crippen LogP contribution in [0.2, 0.25) is 5.02 Å². The van der Waals surface area contributed by atoms with Crippen molar-refractivity contribution in [2.24, 2.45) is 5.41 Å². The number of anilines is 1. The van der Waals surface area contributed by atoms with Gasteiger partial charge in [0.05, 0.1) is 9.50 Å². The molecule has 2 nitrogen and oxygen atoms in total. The quantitative estimate of drug-likeness (QED) is 0.785. The van der Waals surface area contributed by atoms with E-state index in [9.17, 15) is 0 Å². The summed E-state index contributed by atoms with van der Waals surface area (Å²) < 4.78 is 0.869. The fraction of sp³-hybridized carbons (Fsp3) is 0.583. The predicted octanol–water partition coefficient (Wildman–Crippen LogP) is 4.95. The van der Waals surface area contributed by atoms with Crippen molar-refractivity contribution in [3.8, 4) is 0 Å². The van der Waals surface area contributed by atoms with Crippen LogP contribution in [0.5, 0.6) is 0 Å². The summed E-state index contributed by atoms with van der Waals surface area (Å²) in [7, 11) is 0. The van der Waals surface area contributed by atoms with E-state index in [1.54, 1.807) is 6.20 Å². The molecule has 0 radical (unpaired) electrons. The Morgan fingerprint density at radius 1 is 1.47 bits per heavy atom. The SMILES string of the molecule is CC(C)(C)C(CCCl)Nc1ncc(Cl)cc1Br. The summed E-state index contributed by atoms with van der Waals surface area (Å²) in [6.45, 7) is 6.54. The normalized spacial score (nSPS) is 13.5. The average Bonchev–Trinajstić information content (AvgIpc) is 2.19. The number of aromatic nitrogens is 1. The minimum absolute atomic E-state index is 0.121. The Balaban J connectivity index is 2.86. The molecule has 96 valence electrons. The molecule has 0 bridgehead atoms. The summed E-state index contributed by atoms with van der Waals surface area (Å²) >= 11 is 15.2. The van der Waals surface area contributed by atoms with Crippen molar-refractivity contribution in [3.05, 3.63) is 21.8 Å². The van der Waals surface area contributed by atoms with E-state index in [4.69, 9.17) is 23.2 Å². The molecule has 0 aliphatic rings. The molecule has 1 unspecified atom stereocenters. The van der Waals surface area contributed by atoms with Crippen LogP contribution in [0, 0.1) is 5.41 Å². The largest absolute Gasteiger partial charge is 0.366 e. The molecule has 0 saturated heterocycles. The molecule has 5 heteroatoms. The number of hydrogen-bond donors (Lipinski definition) is 1. The van der Waals surface area contributed by atoms with Crippen LogP contribution in [0.3, 0.4) is 0 Å². The predicted molar refractivity (Wildman–Crippen MR) is 79.1 cm³/mol. The highest BCUT2D eigenvalue weighted by atomic mass is 79.9. The van der Waals surface area contributed by atoms with Gasteiger partial charge in [-0.2, -0.15) is 0 Å². The fourth-order valence-corrected chi connectivity index (χ4v) is 2.49. The number of hydrogen-bond acceptors (Lipinski definition) is 2. The van der Waals surface area contributed by atoms with Gasteiger partial charge in [-0.25, -0.2) is 4.98 Å². The molecular weight excluding hydrogens is 323 g/mol. The molecule has 0 saturated carbocycles. The van der Waals surface area contributed by atoms with Gasteiger partial charge in [0.1, 0.15) is 5.82 Å². The molecule has 0 spiro atoms. The molecule has 0 fully saturated rings. The first-order valence-corrected chi connectivity index (χ1v) is 7.18. The summed E-state index contributed by atoms with van der Waals surface area (Å²) in [6, 6.07) is 2.10. The average molecular weight is 340 g/mol. The molecule has 1 rings (SSSR count). The van der Waals surface area contributed by atoms with E-state index in [1.807, 2.05) is 6.07 Å². The number of alkyl halides is 1. The van der Waals surface area contributed by atoms with Crippen molar-refractivity contribution in [1.29, 1.82) is 0 Å². The second kappa shape index (κ2) is 6.26. The maximum atomic E-state index is 5.86. The van der Waals surface area contributed by atoms with Crippen molar-refractivity contribution < 1.29 is 0 Å². The van der Waals surface area contributed by atoms with Crippen LogP contribution in [0.4, 0.5) is 5.82 Å². The van der Waals surface area contributed by atoms with Gasteiger partial charge in [-0.15, -0.1) is 11.6 Å². The van der Waals surface area contributed by atoms with Gasteiger partial charge in [0.15, 0.2) is 0 Å². The zero-order valence-corrected chi connectivity index (χ0v) is 13.3. The number of nitrogens with one attached hydrogen (secondary N) is 1. The van der Waals surface area contributed by atoms with Crippen LogP contribution in [0.1, 0.15) is 27.2 Å². The molecule has 1 aromatic heterocycles. The van der Waals surface area contributed by atoms with Crippen molar-refractivity contribution in [1.82, 2.24) is 4.98 Å². The number of halogens is 3. The van der Waals surface area contributed by atoms with Crippen molar-refractivity contribution >= 4 is 44.9 Å². The highest BCUT2D eigenvalue weighted by Crippen LogP contribution is 2.29. The van der Waals surface area contributed by atoms with Gasteiger partial charge < -0.3 is 5.32 Å².